The van der Waals surface area contributed by atoms with Crippen LogP contribution >= 0.6 is 11.8 Å². The zero-order valence-electron chi connectivity index (χ0n) is 15.2. The molecule has 2 aromatic rings. The Hall–Kier alpha value is -1.83. The first-order valence-corrected chi connectivity index (χ1v) is 10.7. The van der Waals surface area contributed by atoms with Crippen LogP contribution in [0.2, 0.25) is 0 Å². The van der Waals surface area contributed by atoms with Gasteiger partial charge in [-0.2, -0.15) is 0 Å². The Labute approximate surface area is 159 Å². The van der Waals surface area contributed by atoms with Gasteiger partial charge in [0.05, 0.1) is 10.1 Å². The van der Waals surface area contributed by atoms with E-state index in [0.29, 0.717) is 12.3 Å². The number of nitrogens with zero attached hydrogens (tertiary/aromatic N) is 1. The van der Waals surface area contributed by atoms with Crippen molar-refractivity contribution in [3.8, 4) is 0 Å². The Bertz CT molecular complexity index is 837. The fourth-order valence-electron chi connectivity index (χ4n) is 2.23. The van der Waals surface area contributed by atoms with Crippen LogP contribution in [0.4, 0.5) is 0 Å². The molecule has 26 heavy (non-hydrogen) atoms. The van der Waals surface area contributed by atoms with Gasteiger partial charge in [-0.15, -0.1) is 11.8 Å². The van der Waals surface area contributed by atoms with Crippen molar-refractivity contribution in [2.45, 2.75) is 29.4 Å². The topological polar surface area (TPSA) is 66.5 Å². The zero-order valence-corrected chi connectivity index (χ0v) is 16.8. The molecule has 7 heteroatoms. The summed E-state index contributed by atoms with van der Waals surface area (Å²) in [6.45, 7) is 2.35. The van der Waals surface area contributed by atoms with Crippen LogP contribution in [-0.2, 0) is 27.1 Å². The highest BCUT2D eigenvalue weighted by molar-refractivity contribution is 7.99. The number of sulfonamides is 1. The molecule has 1 N–H and O–H groups in total. The standard InChI is InChI=1S/C19H24N2O3S2/c1-15(19(22)20-13-16-8-5-4-6-9-16)25-14-17-10-7-11-18(12-17)26(23,24)21(2)3/h4-12,15H,13-14H2,1-3H3,(H,20,22)/t15-/m0/s1. The van der Waals surface area contributed by atoms with Crippen molar-refractivity contribution in [1.29, 1.82) is 0 Å². The predicted molar refractivity (Wildman–Crippen MR) is 106 cm³/mol. The number of carbonyl (C=O) groups excluding carboxylic acids is 1. The molecule has 0 fully saturated rings. The molecule has 0 aromatic heterocycles. The maximum Gasteiger partial charge on any atom is 0.242 e. The van der Waals surface area contributed by atoms with E-state index < -0.39 is 10.0 Å². The SMILES string of the molecule is C[C@H](SCc1cccc(S(=O)(=O)N(C)C)c1)C(=O)NCc1ccccc1. The maximum atomic E-state index is 12.2. The number of thioether (sulfide) groups is 1. The van der Waals surface area contributed by atoms with E-state index in [1.54, 1.807) is 18.2 Å². The number of amides is 1. The summed E-state index contributed by atoms with van der Waals surface area (Å²) < 4.78 is 25.6. The predicted octanol–water partition coefficient (Wildman–Crippen LogP) is 2.88. The van der Waals surface area contributed by atoms with Gasteiger partial charge >= 0.3 is 0 Å². The van der Waals surface area contributed by atoms with Gasteiger partial charge in [0.2, 0.25) is 15.9 Å². The Kier molecular flexibility index (Phi) is 7.25. The highest BCUT2D eigenvalue weighted by atomic mass is 32.2. The van der Waals surface area contributed by atoms with E-state index in [1.807, 2.05) is 43.3 Å². The molecule has 5 nitrogen and oxygen atoms in total. The Morgan fingerprint density at radius 2 is 1.73 bits per heavy atom. The van der Waals surface area contributed by atoms with Crippen LogP contribution in [0.1, 0.15) is 18.1 Å². The van der Waals surface area contributed by atoms with Gasteiger partial charge in [-0.1, -0.05) is 42.5 Å². The third-order valence-corrected chi connectivity index (χ3v) is 6.88. The molecule has 0 aliphatic rings. The molecule has 0 radical (unpaired) electrons. The summed E-state index contributed by atoms with van der Waals surface area (Å²) in [6.07, 6.45) is 0. The molecule has 1 atom stereocenters. The second-order valence-corrected chi connectivity index (χ2v) is 9.57. The summed E-state index contributed by atoms with van der Waals surface area (Å²) in [4.78, 5) is 12.5. The lowest BCUT2D eigenvalue weighted by atomic mass is 10.2. The molecule has 0 saturated heterocycles. The summed E-state index contributed by atoms with van der Waals surface area (Å²) in [5, 5.41) is 2.69. The zero-order chi connectivity index (χ0) is 19.2. The fraction of sp³-hybridized carbons (Fsp3) is 0.316. The van der Waals surface area contributed by atoms with Crippen LogP contribution in [0.15, 0.2) is 59.5 Å². The van der Waals surface area contributed by atoms with Crippen LogP contribution in [0, 0.1) is 0 Å². The van der Waals surface area contributed by atoms with Crippen molar-refractivity contribution >= 4 is 27.7 Å². The number of rotatable bonds is 8. The van der Waals surface area contributed by atoms with Crippen molar-refractivity contribution < 1.29 is 13.2 Å². The molecule has 0 aliphatic heterocycles. The lowest BCUT2D eigenvalue weighted by Gasteiger charge is -2.14. The molecular formula is C19H24N2O3S2. The van der Waals surface area contributed by atoms with E-state index in [0.717, 1.165) is 11.1 Å². The third-order valence-electron chi connectivity index (χ3n) is 3.86. The van der Waals surface area contributed by atoms with Gasteiger partial charge in [-0.25, -0.2) is 12.7 Å². The van der Waals surface area contributed by atoms with Crippen LogP contribution in [0.5, 0.6) is 0 Å². The van der Waals surface area contributed by atoms with Gasteiger partial charge in [0.1, 0.15) is 0 Å². The molecule has 0 unspecified atom stereocenters. The molecule has 0 spiro atoms. The number of carbonyl (C=O) groups is 1. The first-order valence-electron chi connectivity index (χ1n) is 8.25. The average molecular weight is 393 g/mol. The average Bonchev–Trinajstić information content (AvgIpc) is 2.65. The minimum absolute atomic E-state index is 0.0316. The monoisotopic (exact) mass is 392 g/mol. The molecule has 0 heterocycles. The van der Waals surface area contributed by atoms with E-state index in [4.69, 9.17) is 0 Å². The second kappa shape index (κ2) is 9.21. The fourth-order valence-corrected chi connectivity index (χ4v) is 4.06. The van der Waals surface area contributed by atoms with Crippen molar-refractivity contribution in [3.05, 3.63) is 65.7 Å². The molecule has 0 aliphatic carbocycles. The summed E-state index contributed by atoms with van der Waals surface area (Å²) >= 11 is 1.48. The first-order chi connectivity index (χ1) is 12.3. The van der Waals surface area contributed by atoms with Gasteiger partial charge in [0, 0.05) is 26.4 Å². The summed E-state index contributed by atoms with van der Waals surface area (Å²) in [7, 11) is -0.429. The number of benzene rings is 2. The molecule has 0 bridgehead atoms. The maximum absolute atomic E-state index is 12.2. The van der Waals surface area contributed by atoms with E-state index in [9.17, 15) is 13.2 Å². The normalized spacial score (nSPS) is 12.8. The van der Waals surface area contributed by atoms with Gasteiger partial charge < -0.3 is 5.32 Å². The number of hydrogen-bond acceptors (Lipinski definition) is 4. The molecular weight excluding hydrogens is 368 g/mol. The van der Waals surface area contributed by atoms with Crippen LogP contribution < -0.4 is 5.32 Å². The summed E-state index contributed by atoms with van der Waals surface area (Å²) in [5.41, 5.74) is 1.93. The van der Waals surface area contributed by atoms with Gasteiger partial charge in [-0.05, 0) is 30.2 Å². The smallest absolute Gasteiger partial charge is 0.242 e. The Morgan fingerprint density at radius 3 is 2.38 bits per heavy atom. The van der Waals surface area contributed by atoms with E-state index in [1.165, 1.54) is 30.2 Å². The molecule has 140 valence electrons. The van der Waals surface area contributed by atoms with Crippen LogP contribution in [0.3, 0.4) is 0 Å². The first kappa shape index (κ1) is 20.5. The second-order valence-electron chi connectivity index (χ2n) is 6.09. The Balaban J connectivity index is 1.90. The van der Waals surface area contributed by atoms with Crippen molar-refractivity contribution in [2.75, 3.05) is 14.1 Å². The van der Waals surface area contributed by atoms with Crippen molar-refractivity contribution in [2.24, 2.45) is 0 Å². The van der Waals surface area contributed by atoms with Gasteiger partial charge in [0.25, 0.3) is 0 Å². The van der Waals surface area contributed by atoms with Gasteiger partial charge in [-0.3, -0.25) is 4.79 Å². The number of hydrogen-bond donors (Lipinski definition) is 1. The van der Waals surface area contributed by atoms with Crippen molar-refractivity contribution in [1.82, 2.24) is 9.62 Å². The molecule has 0 saturated carbocycles. The van der Waals surface area contributed by atoms with Crippen molar-refractivity contribution in [3.63, 3.8) is 0 Å². The summed E-state index contributed by atoms with van der Waals surface area (Å²) in [5.74, 6) is 0.535. The van der Waals surface area contributed by atoms with E-state index in [2.05, 4.69) is 5.32 Å². The lowest BCUT2D eigenvalue weighted by Crippen LogP contribution is -2.30. The van der Waals surface area contributed by atoms with E-state index in [-0.39, 0.29) is 16.1 Å². The quantitative estimate of drug-likeness (QED) is 0.750. The molecule has 2 aromatic carbocycles. The summed E-state index contributed by atoms with van der Waals surface area (Å²) in [6, 6.07) is 16.6. The highest BCUT2D eigenvalue weighted by Crippen LogP contribution is 2.21. The highest BCUT2D eigenvalue weighted by Gasteiger charge is 2.18. The largest absolute Gasteiger partial charge is 0.351 e. The molecule has 1 amide bonds. The minimum atomic E-state index is -3.45. The number of nitrogens with one attached hydrogen (secondary N) is 1. The third kappa shape index (κ3) is 5.59. The van der Waals surface area contributed by atoms with Crippen LogP contribution in [-0.4, -0.2) is 38.0 Å². The minimum Gasteiger partial charge on any atom is -0.351 e. The lowest BCUT2D eigenvalue weighted by molar-refractivity contribution is -0.120. The van der Waals surface area contributed by atoms with E-state index >= 15 is 0 Å². The van der Waals surface area contributed by atoms with Crippen LogP contribution in [0.25, 0.3) is 0 Å². The van der Waals surface area contributed by atoms with Gasteiger partial charge in [0.15, 0.2) is 0 Å². The Morgan fingerprint density at radius 1 is 1.08 bits per heavy atom. The molecule has 2 rings (SSSR count).